The van der Waals surface area contributed by atoms with Gasteiger partial charge < -0.3 is 10.6 Å². The summed E-state index contributed by atoms with van der Waals surface area (Å²) in [5.74, 6) is -1.09. The molecule has 0 radical (unpaired) electrons. The van der Waals surface area contributed by atoms with E-state index < -0.39 is 15.9 Å². The highest BCUT2D eigenvalue weighted by atomic mass is 32.2. The number of rotatable bonds is 6. The zero-order valence-electron chi connectivity index (χ0n) is 13.2. The molecule has 2 rings (SSSR count). The van der Waals surface area contributed by atoms with Crippen molar-refractivity contribution in [2.24, 2.45) is 0 Å². The van der Waals surface area contributed by atoms with Gasteiger partial charge in [0.25, 0.3) is 5.91 Å². The van der Waals surface area contributed by atoms with E-state index in [-0.39, 0.29) is 29.7 Å². The van der Waals surface area contributed by atoms with Crippen LogP contribution in [0.2, 0.25) is 0 Å². The Hall–Kier alpha value is -2.42. The van der Waals surface area contributed by atoms with Gasteiger partial charge in [0.15, 0.2) is 0 Å². The topological polar surface area (TPSA) is 113 Å². The Morgan fingerprint density at radius 3 is 2.29 bits per heavy atom. The van der Waals surface area contributed by atoms with Crippen molar-refractivity contribution >= 4 is 33.4 Å². The number of carbonyl (C=O) groups is 3. The Morgan fingerprint density at radius 1 is 1.12 bits per heavy atom. The van der Waals surface area contributed by atoms with E-state index >= 15 is 0 Å². The highest BCUT2D eigenvalue weighted by molar-refractivity contribution is 7.94. The number of carbonyl (C=O) groups excluding carboxylic acids is 3. The Balaban J connectivity index is 1.93. The summed E-state index contributed by atoms with van der Waals surface area (Å²) >= 11 is 0. The third-order valence-corrected chi connectivity index (χ3v) is 5.15. The maximum absolute atomic E-state index is 12.0. The van der Waals surface area contributed by atoms with Crippen molar-refractivity contribution in [3.63, 3.8) is 0 Å². The molecule has 2 N–H and O–H groups in total. The summed E-state index contributed by atoms with van der Waals surface area (Å²) in [6.07, 6.45) is 0.572. The van der Waals surface area contributed by atoms with Gasteiger partial charge in [0.2, 0.25) is 21.8 Å². The van der Waals surface area contributed by atoms with Crippen molar-refractivity contribution in [3.05, 3.63) is 29.8 Å². The van der Waals surface area contributed by atoms with Crippen LogP contribution in [0.25, 0.3) is 0 Å². The molecule has 3 amide bonds. The molecule has 1 aromatic carbocycles. The van der Waals surface area contributed by atoms with Crippen molar-refractivity contribution in [2.45, 2.75) is 19.8 Å². The zero-order chi connectivity index (χ0) is 17.7. The average Bonchev–Trinajstić information content (AvgIpc) is 2.80. The fourth-order valence-electron chi connectivity index (χ4n) is 2.27. The minimum absolute atomic E-state index is 0.0289. The van der Waals surface area contributed by atoms with Crippen LogP contribution in [0.15, 0.2) is 24.3 Å². The first-order chi connectivity index (χ1) is 11.3. The van der Waals surface area contributed by atoms with Gasteiger partial charge in [0, 0.05) is 32.0 Å². The lowest BCUT2D eigenvalue weighted by atomic mass is 10.2. The van der Waals surface area contributed by atoms with E-state index in [1.165, 1.54) is 31.2 Å². The minimum atomic E-state index is -3.60. The molecule has 0 aliphatic carbocycles. The summed E-state index contributed by atoms with van der Waals surface area (Å²) in [7, 11) is -3.60. The predicted molar refractivity (Wildman–Crippen MR) is 88.0 cm³/mol. The zero-order valence-corrected chi connectivity index (χ0v) is 14.1. The fraction of sp³-hybridized carbons (Fsp3) is 0.400. The van der Waals surface area contributed by atoms with Gasteiger partial charge >= 0.3 is 0 Å². The summed E-state index contributed by atoms with van der Waals surface area (Å²) in [6.45, 7) is 2.30. The van der Waals surface area contributed by atoms with Gasteiger partial charge in [-0.15, -0.1) is 0 Å². The normalized spacial score (nSPS) is 16.0. The van der Waals surface area contributed by atoms with E-state index in [0.29, 0.717) is 25.1 Å². The Labute approximate surface area is 140 Å². The Kier molecular flexibility index (Phi) is 5.55. The molecular formula is C15H19N3O5S. The lowest BCUT2D eigenvalue weighted by Crippen LogP contribution is -2.30. The first-order valence-electron chi connectivity index (χ1n) is 7.50. The lowest BCUT2D eigenvalue weighted by Gasteiger charge is -2.15. The van der Waals surface area contributed by atoms with Gasteiger partial charge in [-0.1, -0.05) is 0 Å². The van der Waals surface area contributed by atoms with Crippen LogP contribution < -0.4 is 14.9 Å². The second-order valence-corrected chi connectivity index (χ2v) is 7.30. The second kappa shape index (κ2) is 7.43. The predicted octanol–water partition coefficient (Wildman–Crippen LogP) is 0.00910. The molecule has 0 saturated carbocycles. The van der Waals surface area contributed by atoms with Crippen molar-refractivity contribution in [1.82, 2.24) is 10.6 Å². The van der Waals surface area contributed by atoms with Gasteiger partial charge in [0.1, 0.15) is 0 Å². The van der Waals surface area contributed by atoms with Crippen LogP contribution in [0.5, 0.6) is 0 Å². The number of amides is 3. The molecule has 0 unspecified atom stereocenters. The molecule has 9 heteroatoms. The van der Waals surface area contributed by atoms with Crippen molar-refractivity contribution < 1.29 is 22.8 Å². The van der Waals surface area contributed by atoms with Crippen LogP contribution in [-0.2, 0) is 19.6 Å². The van der Waals surface area contributed by atoms with Gasteiger partial charge in [-0.2, -0.15) is 0 Å². The number of sulfonamides is 1. The molecule has 0 bridgehead atoms. The van der Waals surface area contributed by atoms with Crippen molar-refractivity contribution in [1.29, 1.82) is 0 Å². The summed E-state index contributed by atoms with van der Waals surface area (Å²) in [5.41, 5.74) is 0.599. The van der Waals surface area contributed by atoms with Gasteiger partial charge in [-0.05, 0) is 30.7 Å². The van der Waals surface area contributed by atoms with Crippen LogP contribution >= 0.6 is 0 Å². The quantitative estimate of drug-likeness (QED) is 0.700. The summed E-state index contributed by atoms with van der Waals surface area (Å²) in [4.78, 5) is 34.4. The Morgan fingerprint density at radius 2 is 1.75 bits per heavy atom. The number of hydrogen-bond donors (Lipinski definition) is 2. The van der Waals surface area contributed by atoms with E-state index in [9.17, 15) is 22.8 Å². The summed E-state index contributed by atoms with van der Waals surface area (Å²) < 4.78 is 24.5. The number of hydrogen-bond acceptors (Lipinski definition) is 5. The molecule has 130 valence electrons. The number of nitrogens with one attached hydrogen (secondary N) is 2. The highest BCUT2D eigenvalue weighted by Crippen LogP contribution is 2.25. The number of anilines is 1. The second-order valence-electron chi connectivity index (χ2n) is 5.36. The maximum atomic E-state index is 12.0. The number of nitrogens with zero attached hydrogens (tertiary/aromatic N) is 1. The molecule has 0 spiro atoms. The first kappa shape index (κ1) is 17.9. The average molecular weight is 353 g/mol. The Bertz CT molecular complexity index is 743. The monoisotopic (exact) mass is 353 g/mol. The lowest BCUT2D eigenvalue weighted by molar-refractivity contribution is -0.119. The molecule has 1 fully saturated rings. The van der Waals surface area contributed by atoms with Gasteiger partial charge in [-0.3, -0.25) is 14.4 Å². The van der Waals surface area contributed by atoms with Crippen LogP contribution in [0, 0.1) is 0 Å². The van der Waals surface area contributed by atoms with Gasteiger partial charge in [-0.25, -0.2) is 12.7 Å². The molecule has 24 heavy (non-hydrogen) atoms. The summed E-state index contributed by atoms with van der Waals surface area (Å²) in [6, 6.07) is 5.82. The van der Waals surface area contributed by atoms with Crippen molar-refractivity contribution in [2.75, 3.05) is 23.1 Å². The molecular weight excluding hydrogens is 334 g/mol. The molecule has 1 aliphatic rings. The molecule has 0 aromatic heterocycles. The maximum Gasteiger partial charge on any atom is 0.251 e. The number of benzene rings is 1. The third kappa shape index (κ3) is 4.31. The minimum Gasteiger partial charge on any atom is -0.356 e. The van der Waals surface area contributed by atoms with Crippen LogP contribution in [0.4, 0.5) is 5.69 Å². The van der Waals surface area contributed by atoms with E-state index in [1.807, 2.05) is 0 Å². The van der Waals surface area contributed by atoms with Crippen LogP contribution in [0.3, 0.4) is 0 Å². The largest absolute Gasteiger partial charge is 0.356 e. The third-order valence-electron chi connectivity index (χ3n) is 3.46. The highest BCUT2D eigenvalue weighted by Gasteiger charge is 2.36. The SMILES string of the molecule is CC(=O)NCCCNC(=O)c1ccc(N2C(=O)CCS2(=O)=O)cc1. The molecule has 8 nitrogen and oxygen atoms in total. The fourth-order valence-corrected chi connectivity index (χ4v) is 3.73. The van der Waals surface area contributed by atoms with Crippen LogP contribution in [-0.4, -0.2) is 45.0 Å². The smallest absolute Gasteiger partial charge is 0.251 e. The van der Waals surface area contributed by atoms with E-state index in [2.05, 4.69) is 10.6 Å². The van der Waals surface area contributed by atoms with E-state index in [0.717, 1.165) is 4.31 Å². The van der Waals surface area contributed by atoms with Crippen molar-refractivity contribution in [3.8, 4) is 0 Å². The molecule has 1 aliphatic heterocycles. The summed E-state index contributed by atoms with van der Waals surface area (Å²) in [5, 5.41) is 5.32. The molecule has 1 heterocycles. The standard InChI is InChI=1S/C15H19N3O5S/c1-11(19)16-8-2-9-17-15(21)12-3-5-13(6-4-12)18-14(20)7-10-24(18,22)23/h3-6H,2,7-10H2,1H3,(H,16,19)(H,17,21). The van der Waals surface area contributed by atoms with E-state index in [4.69, 9.17) is 0 Å². The first-order valence-corrected chi connectivity index (χ1v) is 9.11. The molecule has 1 saturated heterocycles. The van der Waals surface area contributed by atoms with Gasteiger partial charge in [0.05, 0.1) is 11.4 Å². The molecule has 1 aromatic rings. The molecule has 0 atom stereocenters. The van der Waals surface area contributed by atoms with E-state index in [1.54, 1.807) is 0 Å². The van der Waals surface area contributed by atoms with Crippen LogP contribution in [0.1, 0.15) is 30.1 Å².